The molecule has 0 bridgehead atoms. The van der Waals surface area contributed by atoms with Crippen LogP contribution in [0.2, 0.25) is 0 Å². The SMILES string of the molecule is CC/C=C\C/C=C\C/C=C\C/C=C\CCCCCCCCCCCCCCCCCCCCCCCCC(=O)OC(COC(=O)CCCCCCCCCCCCCCCCCCC/C=C\CCCCCCCCCC)COC(OCC[N+](C)(C)C)C(=O)O. The topological polar surface area (TPSA) is 108 Å². The minimum atomic E-state index is -1.51. The number of rotatable bonds is 72. The second-order valence-electron chi connectivity index (χ2n) is 27.3. The fourth-order valence-corrected chi connectivity index (χ4v) is 11.4. The van der Waals surface area contributed by atoms with Crippen LogP contribution in [0.5, 0.6) is 0 Å². The monoisotopic (exact) mass is 1250 g/mol. The van der Waals surface area contributed by atoms with Crippen molar-refractivity contribution in [2.24, 2.45) is 0 Å². The smallest absolute Gasteiger partial charge is 0.361 e. The van der Waals surface area contributed by atoms with Gasteiger partial charge >= 0.3 is 17.9 Å². The Balaban J connectivity index is 4.00. The van der Waals surface area contributed by atoms with Gasteiger partial charge < -0.3 is 28.5 Å². The number of aliphatic carboxylic acids is 1. The van der Waals surface area contributed by atoms with Crippen LogP contribution in [0.25, 0.3) is 0 Å². The van der Waals surface area contributed by atoms with Gasteiger partial charge in [-0.1, -0.05) is 344 Å². The summed E-state index contributed by atoms with van der Waals surface area (Å²) in [6.07, 6.45) is 90.8. The van der Waals surface area contributed by atoms with Gasteiger partial charge in [0.2, 0.25) is 0 Å². The largest absolute Gasteiger partial charge is 0.477 e. The van der Waals surface area contributed by atoms with E-state index in [-0.39, 0.29) is 38.2 Å². The lowest BCUT2D eigenvalue weighted by atomic mass is 10.0. The first kappa shape index (κ1) is 86.0. The number of hydrogen-bond donors (Lipinski definition) is 1. The molecule has 0 aliphatic rings. The molecular formula is C80H148NO8+. The van der Waals surface area contributed by atoms with Gasteiger partial charge in [0.15, 0.2) is 6.10 Å². The molecule has 0 aliphatic heterocycles. The molecule has 0 radical (unpaired) electrons. The van der Waals surface area contributed by atoms with E-state index < -0.39 is 18.4 Å². The number of carboxylic acid groups (broad SMARTS) is 1. The lowest BCUT2D eigenvalue weighted by Crippen LogP contribution is -2.40. The quantitative estimate of drug-likeness (QED) is 0.0211. The van der Waals surface area contributed by atoms with Crippen molar-refractivity contribution in [3.05, 3.63) is 60.8 Å². The Morgan fingerprint density at radius 1 is 0.348 bits per heavy atom. The van der Waals surface area contributed by atoms with Gasteiger partial charge in [-0.05, 0) is 77.0 Å². The first-order valence-corrected chi connectivity index (χ1v) is 38.5. The van der Waals surface area contributed by atoms with Gasteiger partial charge in [-0.15, -0.1) is 0 Å². The second kappa shape index (κ2) is 70.9. The highest BCUT2D eigenvalue weighted by Crippen LogP contribution is 2.19. The number of quaternary nitrogens is 1. The molecule has 0 aromatic heterocycles. The molecule has 0 heterocycles. The number of allylic oxidation sites excluding steroid dienone is 10. The normalized spacial score (nSPS) is 13.0. The summed E-state index contributed by atoms with van der Waals surface area (Å²) in [6.45, 7) is 4.83. The van der Waals surface area contributed by atoms with Gasteiger partial charge in [0.05, 0.1) is 34.4 Å². The van der Waals surface area contributed by atoms with Gasteiger partial charge in [-0.25, -0.2) is 4.79 Å². The predicted molar refractivity (Wildman–Crippen MR) is 383 cm³/mol. The number of ether oxygens (including phenoxy) is 4. The molecule has 0 amide bonds. The summed E-state index contributed by atoms with van der Waals surface area (Å²) >= 11 is 0. The standard InChI is InChI=1S/C80H147NO8/c1-6-8-10-12-14-16-18-20-22-24-26-28-30-32-34-36-37-38-39-40-41-43-45-47-49-51-53-55-57-59-61-63-65-67-69-71-78(83)89-76(75-88-80(79(84)85)86-73-72-81(3,4)5)74-87-77(82)70-68-66-64-62-60-58-56-54-52-50-48-46-44-42-35-33-31-29-27-25-23-21-19-17-15-13-11-9-7-2/h8,10,14,16,20,22,25-28,76,80H,6-7,9,11-13,15,17-19,21,23-24,29-75H2,1-5H3/p+1/b10-8-,16-14-,22-20-,27-25-,28-26-. The second-order valence-corrected chi connectivity index (χ2v) is 27.3. The molecule has 0 aromatic carbocycles. The number of unbranched alkanes of at least 4 members (excludes halogenated alkanes) is 47. The number of nitrogens with zero attached hydrogens (tertiary/aromatic N) is 1. The van der Waals surface area contributed by atoms with Gasteiger partial charge in [0.25, 0.3) is 6.29 Å². The van der Waals surface area contributed by atoms with E-state index in [1.807, 2.05) is 21.1 Å². The number of esters is 2. The molecular weight excluding hydrogens is 1100 g/mol. The lowest BCUT2D eigenvalue weighted by Gasteiger charge is -2.25. The molecule has 0 saturated carbocycles. The summed E-state index contributed by atoms with van der Waals surface area (Å²) in [5.74, 6) is -1.98. The maximum Gasteiger partial charge on any atom is 0.361 e. The van der Waals surface area contributed by atoms with Crippen molar-refractivity contribution in [3.63, 3.8) is 0 Å². The summed E-state index contributed by atoms with van der Waals surface area (Å²) in [5, 5.41) is 9.77. The van der Waals surface area contributed by atoms with Crippen molar-refractivity contribution < 1.29 is 42.9 Å². The highest BCUT2D eigenvalue weighted by Gasteiger charge is 2.25. The molecule has 0 saturated heterocycles. The van der Waals surface area contributed by atoms with E-state index in [4.69, 9.17) is 18.9 Å². The minimum absolute atomic E-state index is 0.177. The molecule has 89 heavy (non-hydrogen) atoms. The maximum absolute atomic E-state index is 13.0. The summed E-state index contributed by atoms with van der Waals surface area (Å²) in [6, 6.07) is 0. The Kier molecular flexibility index (Phi) is 68.5. The van der Waals surface area contributed by atoms with E-state index in [9.17, 15) is 19.5 Å². The average Bonchev–Trinajstić information content (AvgIpc) is 3.64. The number of carbonyl (C=O) groups is 3. The van der Waals surface area contributed by atoms with Crippen molar-refractivity contribution in [1.82, 2.24) is 0 Å². The van der Waals surface area contributed by atoms with Crippen LogP contribution < -0.4 is 0 Å². The molecule has 0 fully saturated rings. The molecule has 520 valence electrons. The highest BCUT2D eigenvalue weighted by molar-refractivity contribution is 5.71. The Hall–Kier alpha value is -3.01. The zero-order chi connectivity index (χ0) is 64.7. The molecule has 0 aromatic rings. The van der Waals surface area contributed by atoms with Gasteiger partial charge in [-0.3, -0.25) is 9.59 Å². The summed E-state index contributed by atoms with van der Waals surface area (Å²) in [5.41, 5.74) is 0. The van der Waals surface area contributed by atoms with Crippen LogP contribution >= 0.6 is 0 Å². The highest BCUT2D eigenvalue weighted by atomic mass is 16.7. The fraction of sp³-hybridized carbons (Fsp3) is 0.838. The first-order valence-electron chi connectivity index (χ1n) is 38.5. The van der Waals surface area contributed by atoms with Gasteiger partial charge in [0, 0.05) is 12.8 Å². The van der Waals surface area contributed by atoms with Crippen LogP contribution in [0.3, 0.4) is 0 Å². The molecule has 2 unspecified atom stereocenters. The molecule has 0 rings (SSSR count). The third-order valence-electron chi connectivity index (χ3n) is 17.3. The lowest BCUT2D eigenvalue weighted by molar-refractivity contribution is -0.870. The van der Waals surface area contributed by atoms with E-state index in [0.717, 1.165) is 64.2 Å². The van der Waals surface area contributed by atoms with E-state index in [2.05, 4.69) is 74.6 Å². The van der Waals surface area contributed by atoms with Crippen LogP contribution in [-0.4, -0.2) is 87.4 Å². The van der Waals surface area contributed by atoms with Crippen LogP contribution in [0.1, 0.15) is 373 Å². The molecule has 2 atom stereocenters. The van der Waals surface area contributed by atoms with E-state index in [1.165, 1.54) is 283 Å². The third-order valence-corrected chi connectivity index (χ3v) is 17.3. The number of carboxylic acids is 1. The van der Waals surface area contributed by atoms with Crippen LogP contribution in [0.15, 0.2) is 60.8 Å². The van der Waals surface area contributed by atoms with E-state index in [0.29, 0.717) is 17.4 Å². The van der Waals surface area contributed by atoms with Crippen LogP contribution in [0.4, 0.5) is 0 Å². The molecule has 0 spiro atoms. The van der Waals surface area contributed by atoms with Crippen molar-refractivity contribution in [1.29, 1.82) is 0 Å². The van der Waals surface area contributed by atoms with Crippen LogP contribution in [-0.2, 0) is 33.3 Å². The van der Waals surface area contributed by atoms with Gasteiger partial charge in [0.1, 0.15) is 13.2 Å². The molecule has 9 nitrogen and oxygen atoms in total. The Morgan fingerprint density at radius 3 is 0.966 bits per heavy atom. The maximum atomic E-state index is 13.0. The Labute approximate surface area is 552 Å². The average molecular weight is 1250 g/mol. The first-order chi connectivity index (χ1) is 43.6. The van der Waals surface area contributed by atoms with E-state index >= 15 is 0 Å². The summed E-state index contributed by atoms with van der Waals surface area (Å²) < 4.78 is 23.0. The fourth-order valence-electron chi connectivity index (χ4n) is 11.4. The number of carbonyl (C=O) groups excluding carboxylic acids is 2. The van der Waals surface area contributed by atoms with Crippen molar-refractivity contribution >= 4 is 17.9 Å². The van der Waals surface area contributed by atoms with Gasteiger partial charge in [-0.2, -0.15) is 0 Å². The molecule has 0 aliphatic carbocycles. The summed E-state index contributed by atoms with van der Waals surface area (Å²) in [7, 11) is 5.99. The molecule has 1 N–H and O–H groups in total. The predicted octanol–water partition coefficient (Wildman–Crippen LogP) is 24.3. The third kappa shape index (κ3) is 72.3. The zero-order valence-electron chi connectivity index (χ0n) is 59.6. The Morgan fingerprint density at radius 2 is 0.640 bits per heavy atom. The molecule has 9 heteroatoms. The zero-order valence-corrected chi connectivity index (χ0v) is 59.6. The van der Waals surface area contributed by atoms with Crippen LogP contribution in [0, 0.1) is 0 Å². The number of likely N-dealkylation sites (N-methyl/N-ethyl adjacent to an activating group) is 1. The summed E-state index contributed by atoms with van der Waals surface area (Å²) in [4.78, 5) is 37.7. The van der Waals surface area contributed by atoms with Crippen molar-refractivity contribution in [2.45, 2.75) is 386 Å². The van der Waals surface area contributed by atoms with Crippen molar-refractivity contribution in [2.75, 3.05) is 47.5 Å². The van der Waals surface area contributed by atoms with E-state index in [1.54, 1.807) is 0 Å². The minimum Gasteiger partial charge on any atom is -0.477 e. The van der Waals surface area contributed by atoms with Crippen molar-refractivity contribution in [3.8, 4) is 0 Å². The number of hydrogen-bond acceptors (Lipinski definition) is 7. The Bertz CT molecular complexity index is 1650.